The SMILES string of the molecule is O=C1CC(S)CN1c1cc(Cl)cc(Br)c1O. The van der Waals surface area contributed by atoms with Gasteiger partial charge in [0.05, 0.1) is 10.2 Å². The van der Waals surface area contributed by atoms with Crippen molar-refractivity contribution in [2.75, 3.05) is 11.4 Å². The fourth-order valence-corrected chi connectivity index (χ4v) is 2.79. The van der Waals surface area contributed by atoms with Crippen LogP contribution < -0.4 is 4.90 Å². The van der Waals surface area contributed by atoms with Crippen LogP contribution >= 0.6 is 40.2 Å². The molecule has 0 saturated carbocycles. The molecule has 1 unspecified atom stereocenters. The van der Waals surface area contributed by atoms with E-state index in [0.29, 0.717) is 28.1 Å². The molecule has 0 bridgehead atoms. The van der Waals surface area contributed by atoms with Crippen molar-refractivity contribution < 1.29 is 9.90 Å². The van der Waals surface area contributed by atoms with E-state index in [9.17, 15) is 9.90 Å². The highest BCUT2D eigenvalue weighted by molar-refractivity contribution is 9.10. The summed E-state index contributed by atoms with van der Waals surface area (Å²) in [5.74, 6) is -0.0235. The van der Waals surface area contributed by atoms with Crippen LogP contribution in [0.15, 0.2) is 16.6 Å². The molecule has 1 fully saturated rings. The Morgan fingerprint density at radius 1 is 1.56 bits per heavy atom. The van der Waals surface area contributed by atoms with Crippen LogP contribution in [0.5, 0.6) is 5.75 Å². The normalized spacial score (nSPS) is 20.6. The predicted molar refractivity (Wildman–Crippen MR) is 70.6 cm³/mol. The maximum atomic E-state index is 11.7. The summed E-state index contributed by atoms with van der Waals surface area (Å²) < 4.78 is 0.477. The number of nitrogens with zero attached hydrogens (tertiary/aromatic N) is 1. The van der Waals surface area contributed by atoms with E-state index in [2.05, 4.69) is 28.6 Å². The van der Waals surface area contributed by atoms with Crippen molar-refractivity contribution in [3.63, 3.8) is 0 Å². The lowest BCUT2D eigenvalue weighted by Crippen LogP contribution is -2.24. The first-order valence-corrected chi connectivity index (χ1v) is 6.34. The van der Waals surface area contributed by atoms with E-state index in [1.54, 1.807) is 12.1 Å². The van der Waals surface area contributed by atoms with Crippen LogP contribution in [0.3, 0.4) is 0 Å². The molecule has 0 spiro atoms. The second kappa shape index (κ2) is 4.47. The second-order valence-electron chi connectivity index (χ2n) is 3.62. The van der Waals surface area contributed by atoms with Crippen molar-refractivity contribution in [2.24, 2.45) is 0 Å². The Labute approximate surface area is 112 Å². The minimum absolute atomic E-state index is 0.00431. The molecule has 0 radical (unpaired) electrons. The number of carbonyl (C=O) groups excluding carboxylic acids is 1. The molecule has 1 aliphatic heterocycles. The van der Waals surface area contributed by atoms with Gasteiger partial charge in [-0.25, -0.2) is 0 Å². The van der Waals surface area contributed by atoms with Gasteiger partial charge in [0.15, 0.2) is 5.75 Å². The Balaban J connectivity index is 2.44. The van der Waals surface area contributed by atoms with Crippen molar-refractivity contribution in [3.8, 4) is 5.75 Å². The number of benzene rings is 1. The smallest absolute Gasteiger partial charge is 0.228 e. The number of carbonyl (C=O) groups is 1. The topological polar surface area (TPSA) is 40.5 Å². The number of halogens is 2. The number of rotatable bonds is 1. The molecule has 1 N–H and O–H groups in total. The van der Waals surface area contributed by atoms with Crippen LogP contribution in [0.2, 0.25) is 5.02 Å². The molecule has 6 heteroatoms. The lowest BCUT2D eigenvalue weighted by molar-refractivity contribution is -0.117. The van der Waals surface area contributed by atoms with E-state index < -0.39 is 0 Å². The van der Waals surface area contributed by atoms with E-state index in [0.717, 1.165) is 0 Å². The number of phenols is 1. The molecule has 3 nitrogen and oxygen atoms in total. The van der Waals surface area contributed by atoms with Gasteiger partial charge >= 0.3 is 0 Å². The Hall–Kier alpha value is -0.390. The summed E-state index contributed by atoms with van der Waals surface area (Å²) in [7, 11) is 0. The summed E-state index contributed by atoms with van der Waals surface area (Å²) in [5, 5.41) is 10.3. The molecule has 0 aromatic heterocycles. The highest BCUT2D eigenvalue weighted by Crippen LogP contribution is 2.39. The van der Waals surface area contributed by atoms with Crippen LogP contribution in [0.4, 0.5) is 5.69 Å². The van der Waals surface area contributed by atoms with Crippen molar-refractivity contribution in [2.45, 2.75) is 11.7 Å². The van der Waals surface area contributed by atoms with Crippen LogP contribution in [0, 0.1) is 0 Å². The van der Waals surface area contributed by atoms with Gasteiger partial charge in [-0.05, 0) is 28.1 Å². The second-order valence-corrected chi connectivity index (χ2v) is 5.64. The van der Waals surface area contributed by atoms with Crippen molar-refractivity contribution in [1.82, 2.24) is 0 Å². The summed E-state index contributed by atoms with van der Waals surface area (Å²) in [6, 6.07) is 3.16. The van der Waals surface area contributed by atoms with Gasteiger partial charge in [0.2, 0.25) is 5.91 Å². The van der Waals surface area contributed by atoms with Crippen molar-refractivity contribution >= 4 is 51.8 Å². The lowest BCUT2D eigenvalue weighted by atomic mass is 10.2. The third-order valence-corrected chi connectivity index (χ3v) is 3.57. The van der Waals surface area contributed by atoms with Gasteiger partial charge < -0.3 is 10.0 Å². The highest BCUT2D eigenvalue weighted by Gasteiger charge is 2.30. The van der Waals surface area contributed by atoms with E-state index >= 15 is 0 Å². The van der Waals surface area contributed by atoms with E-state index in [-0.39, 0.29) is 16.9 Å². The monoisotopic (exact) mass is 321 g/mol. The maximum absolute atomic E-state index is 11.7. The predicted octanol–water partition coefficient (Wildman–Crippen LogP) is 2.84. The van der Waals surface area contributed by atoms with E-state index in [1.165, 1.54) is 4.90 Å². The molecule has 1 aromatic rings. The van der Waals surface area contributed by atoms with E-state index in [1.807, 2.05) is 0 Å². The van der Waals surface area contributed by atoms with Crippen LogP contribution in [-0.4, -0.2) is 22.8 Å². The molecule has 1 heterocycles. The average molecular weight is 323 g/mol. The first-order chi connectivity index (χ1) is 7.49. The minimum Gasteiger partial charge on any atom is -0.505 e. The number of phenolic OH excluding ortho intramolecular Hbond substituents is 1. The van der Waals surface area contributed by atoms with Gasteiger partial charge in [0.25, 0.3) is 0 Å². The fraction of sp³-hybridized carbons (Fsp3) is 0.300. The van der Waals surface area contributed by atoms with Crippen molar-refractivity contribution in [3.05, 3.63) is 21.6 Å². The van der Waals surface area contributed by atoms with Crippen LogP contribution in [0.1, 0.15) is 6.42 Å². The van der Waals surface area contributed by atoms with Gasteiger partial charge in [-0.3, -0.25) is 4.79 Å². The first kappa shape index (κ1) is 12.1. The zero-order valence-electron chi connectivity index (χ0n) is 8.15. The maximum Gasteiger partial charge on any atom is 0.228 e. The van der Waals surface area contributed by atoms with Gasteiger partial charge in [-0.15, -0.1) is 0 Å². The quantitative estimate of drug-likeness (QED) is 0.781. The summed E-state index contributed by atoms with van der Waals surface area (Å²) in [6.45, 7) is 0.488. The molecular weight excluding hydrogens is 314 g/mol. The molecule has 1 amide bonds. The standard InChI is InChI=1S/C10H9BrClNO2S/c11-7-1-5(12)2-8(10(7)15)13-4-6(16)3-9(13)14/h1-2,6,15-16H,3-4H2. The van der Waals surface area contributed by atoms with E-state index in [4.69, 9.17) is 11.6 Å². The number of amides is 1. The molecule has 1 aliphatic rings. The van der Waals surface area contributed by atoms with Gasteiger partial charge in [-0.2, -0.15) is 12.6 Å². The third kappa shape index (κ3) is 2.17. The number of anilines is 1. The molecule has 16 heavy (non-hydrogen) atoms. The summed E-state index contributed by atoms with van der Waals surface area (Å²) in [4.78, 5) is 13.2. The van der Waals surface area contributed by atoms with Gasteiger partial charge in [0, 0.05) is 23.2 Å². The highest BCUT2D eigenvalue weighted by atomic mass is 79.9. The molecule has 1 saturated heterocycles. The first-order valence-electron chi connectivity index (χ1n) is 4.65. The van der Waals surface area contributed by atoms with Crippen molar-refractivity contribution in [1.29, 1.82) is 0 Å². The number of hydrogen-bond acceptors (Lipinski definition) is 3. The molecule has 86 valence electrons. The zero-order valence-corrected chi connectivity index (χ0v) is 11.4. The van der Waals surface area contributed by atoms with Crippen LogP contribution in [-0.2, 0) is 4.79 Å². The Morgan fingerprint density at radius 3 is 2.81 bits per heavy atom. The van der Waals surface area contributed by atoms with Crippen LogP contribution in [0.25, 0.3) is 0 Å². The largest absolute Gasteiger partial charge is 0.505 e. The summed E-state index contributed by atoms with van der Waals surface area (Å²) in [6.07, 6.45) is 0.382. The molecular formula is C10H9BrClNO2S. The summed E-state index contributed by atoms with van der Waals surface area (Å²) in [5.41, 5.74) is 0.431. The summed E-state index contributed by atoms with van der Waals surface area (Å²) >= 11 is 13.3. The Kier molecular flexibility index (Phi) is 3.37. The molecule has 0 aliphatic carbocycles. The zero-order chi connectivity index (χ0) is 11.9. The van der Waals surface area contributed by atoms with Gasteiger partial charge in [0.1, 0.15) is 0 Å². The fourth-order valence-electron chi connectivity index (χ4n) is 1.68. The lowest BCUT2D eigenvalue weighted by Gasteiger charge is -2.18. The molecule has 2 rings (SSSR count). The minimum atomic E-state index is -0.0514. The van der Waals surface area contributed by atoms with Gasteiger partial charge in [-0.1, -0.05) is 11.6 Å². The molecule has 1 atom stereocenters. The number of thiol groups is 1. The number of aromatic hydroxyl groups is 1. The average Bonchev–Trinajstić information content (AvgIpc) is 2.51. The third-order valence-electron chi connectivity index (χ3n) is 2.40. The number of hydrogen-bond donors (Lipinski definition) is 2. The Bertz CT molecular complexity index is 455. The molecule has 1 aromatic carbocycles. The Morgan fingerprint density at radius 2 is 2.25 bits per heavy atom.